The van der Waals surface area contributed by atoms with Crippen LogP contribution in [0.25, 0.3) is 11.8 Å². The molecule has 0 saturated carbocycles. The number of halogens is 1. The Kier molecular flexibility index (Phi) is 3.12. The topological polar surface area (TPSA) is 38.0 Å². The number of aromatic nitrogens is 2. The number of nitrogens with zero attached hydrogens (tertiary/aromatic N) is 2. The number of hydrogen-bond donors (Lipinski definition) is 1. The van der Waals surface area contributed by atoms with Gasteiger partial charge in [-0.2, -0.15) is 0 Å². The molecule has 1 N–H and O–H groups in total. The first-order valence-electron chi connectivity index (χ1n) is 4.85. The van der Waals surface area contributed by atoms with Crippen LogP contribution in [0, 0.1) is 0 Å². The average molecular weight is 218 g/mol. The second-order valence-electron chi connectivity index (χ2n) is 3.31. The molecule has 0 atom stereocenters. The van der Waals surface area contributed by atoms with Crippen molar-refractivity contribution in [3.05, 3.63) is 54.4 Å². The molecule has 1 aromatic heterocycles. The largest absolute Gasteiger partial charge is 0.389 e. The van der Waals surface area contributed by atoms with Crippen molar-refractivity contribution in [3.63, 3.8) is 0 Å². The molecule has 0 saturated heterocycles. The van der Waals surface area contributed by atoms with Gasteiger partial charge in [-0.25, -0.2) is 9.37 Å². The summed E-state index contributed by atoms with van der Waals surface area (Å²) in [6, 6.07) is 7.28. The summed E-state index contributed by atoms with van der Waals surface area (Å²) in [5.41, 5.74) is 1.68. The van der Waals surface area contributed by atoms with Crippen molar-refractivity contribution in [2.24, 2.45) is 0 Å². The second kappa shape index (κ2) is 4.72. The summed E-state index contributed by atoms with van der Waals surface area (Å²) in [5, 5.41) is 8.55. The zero-order valence-electron chi connectivity index (χ0n) is 8.55. The van der Waals surface area contributed by atoms with Gasteiger partial charge in [-0.15, -0.1) is 0 Å². The van der Waals surface area contributed by atoms with E-state index < -0.39 is 12.4 Å². The minimum absolute atomic E-state index is 0.546. The van der Waals surface area contributed by atoms with Gasteiger partial charge >= 0.3 is 0 Å². The SMILES string of the molecule is OC/C(F)=C\c1ccc(-n2ccnc2)cc1. The van der Waals surface area contributed by atoms with Gasteiger partial charge in [0.2, 0.25) is 0 Å². The van der Waals surface area contributed by atoms with E-state index in [4.69, 9.17) is 5.11 Å². The summed E-state index contributed by atoms with van der Waals surface area (Å²) < 4.78 is 14.6. The van der Waals surface area contributed by atoms with Gasteiger partial charge in [-0.1, -0.05) is 12.1 Å². The quantitative estimate of drug-likeness (QED) is 0.857. The van der Waals surface area contributed by atoms with E-state index >= 15 is 0 Å². The first-order chi connectivity index (χ1) is 7.79. The van der Waals surface area contributed by atoms with E-state index in [0.717, 1.165) is 11.3 Å². The molecule has 0 unspecified atom stereocenters. The number of rotatable bonds is 3. The molecule has 0 aliphatic heterocycles. The van der Waals surface area contributed by atoms with Crippen LogP contribution in [-0.2, 0) is 0 Å². The molecule has 0 bridgehead atoms. The molecule has 0 radical (unpaired) electrons. The van der Waals surface area contributed by atoms with Crippen molar-refractivity contribution < 1.29 is 9.50 Å². The van der Waals surface area contributed by atoms with Gasteiger partial charge in [0.05, 0.1) is 12.9 Å². The monoisotopic (exact) mass is 218 g/mol. The van der Waals surface area contributed by atoms with Crippen LogP contribution < -0.4 is 0 Å². The first-order valence-corrected chi connectivity index (χ1v) is 4.85. The maximum atomic E-state index is 12.8. The van der Waals surface area contributed by atoms with E-state index in [9.17, 15) is 4.39 Å². The number of benzene rings is 1. The fourth-order valence-corrected chi connectivity index (χ4v) is 1.38. The third-order valence-electron chi connectivity index (χ3n) is 2.17. The summed E-state index contributed by atoms with van der Waals surface area (Å²) in [6.45, 7) is -0.566. The van der Waals surface area contributed by atoms with E-state index in [0.29, 0.717) is 0 Å². The van der Waals surface area contributed by atoms with E-state index in [2.05, 4.69) is 4.98 Å². The highest BCUT2D eigenvalue weighted by Crippen LogP contribution is 2.12. The van der Waals surface area contributed by atoms with Gasteiger partial charge in [-0.05, 0) is 23.8 Å². The van der Waals surface area contributed by atoms with E-state index in [1.807, 2.05) is 22.9 Å². The Morgan fingerprint density at radius 1 is 1.38 bits per heavy atom. The van der Waals surface area contributed by atoms with Gasteiger partial charge in [0.25, 0.3) is 0 Å². The van der Waals surface area contributed by atoms with Crippen LogP contribution in [0.5, 0.6) is 0 Å². The highest BCUT2D eigenvalue weighted by atomic mass is 19.1. The standard InChI is InChI=1S/C12H11FN2O/c13-11(8-16)7-10-1-3-12(4-2-10)15-6-5-14-9-15/h1-7,9,16H,8H2/b11-7+. The van der Waals surface area contributed by atoms with Crippen LogP contribution in [0.1, 0.15) is 5.56 Å². The summed E-state index contributed by atoms with van der Waals surface area (Å²) >= 11 is 0. The fraction of sp³-hybridized carbons (Fsp3) is 0.0833. The molecule has 2 rings (SSSR count). The lowest BCUT2D eigenvalue weighted by Crippen LogP contribution is -1.89. The molecular formula is C12H11FN2O. The van der Waals surface area contributed by atoms with Crippen LogP contribution in [-0.4, -0.2) is 21.3 Å². The number of imidazole rings is 1. The van der Waals surface area contributed by atoms with Crippen molar-refractivity contribution in [1.82, 2.24) is 9.55 Å². The Morgan fingerprint density at radius 3 is 2.69 bits per heavy atom. The first kappa shape index (κ1) is 10.6. The third kappa shape index (κ3) is 2.35. The van der Waals surface area contributed by atoms with Gasteiger partial charge in [0.1, 0.15) is 5.83 Å². The van der Waals surface area contributed by atoms with Crippen LogP contribution >= 0.6 is 0 Å². The zero-order chi connectivity index (χ0) is 11.4. The molecule has 0 aliphatic rings. The third-order valence-corrected chi connectivity index (χ3v) is 2.17. The number of aliphatic hydroxyl groups excluding tert-OH is 1. The van der Waals surface area contributed by atoms with Crippen LogP contribution in [0.15, 0.2) is 48.8 Å². The van der Waals surface area contributed by atoms with Crippen LogP contribution in [0.3, 0.4) is 0 Å². The molecule has 82 valence electrons. The Bertz CT molecular complexity index is 474. The maximum absolute atomic E-state index is 12.8. The fourth-order valence-electron chi connectivity index (χ4n) is 1.38. The predicted octanol–water partition coefficient (Wildman–Crippen LogP) is 2.17. The smallest absolute Gasteiger partial charge is 0.126 e. The van der Waals surface area contributed by atoms with Gasteiger partial charge in [0.15, 0.2) is 0 Å². The normalized spacial score (nSPS) is 11.8. The van der Waals surface area contributed by atoms with Gasteiger partial charge in [-0.3, -0.25) is 0 Å². The highest BCUT2D eigenvalue weighted by Gasteiger charge is 1.96. The highest BCUT2D eigenvalue weighted by molar-refractivity contribution is 5.53. The van der Waals surface area contributed by atoms with Gasteiger partial charge < -0.3 is 9.67 Å². The summed E-state index contributed by atoms with van der Waals surface area (Å²) in [7, 11) is 0. The minimum Gasteiger partial charge on any atom is -0.389 e. The number of aliphatic hydroxyl groups is 1. The summed E-state index contributed by atoms with van der Waals surface area (Å²) in [5.74, 6) is -0.546. The lowest BCUT2D eigenvalue weighted by Gasteiger charge is -2.02. The maximum Gasteiger partial charge on any atom is 0.126 e. The molecule has 16 heavy (non-hydrogen) atoms. The lowest BCUT2D eigenvalue weighted by atomic mass is 10.2. The average Bonchev–Trinajstić information content (AvgIpc) is 2.83. The number of hydrogen-bond acceptors (Lipinski definition) is 2. The molecule has 3 nitrogen and oxygen atoms in total. The van der Waals surface area contributed by atoms with Crippen LogP contribution in [0.2, 0.25) is 0 Å². The van der Waals surface area contributed by atoms with Crippen molar-refractivity contribution in [2.45, 2.75) is 0 Å². The van der Waals surface area contributed by atoms with Crippen molar-refractivity contribution in [3.8, 4) is 5.69 Å². The molecule has 2 aromatic rings. The molecule has 1 aromatic carbocycles. The molecule has 1 heterocycles. The predicted molar refractivity (Wildman–Crippen MR) is 59.7 cm³/mol. The Labute approximate surface area is 92.5 Å². The Balaban J connectivity index is 2.23. The molecule has 0 fully saturated rings. The molecule has 4 heteroatoms. The summed E-state index contributed by atoms with van der Waals surface area (Å²) in [6.07, 6.45) is 6.52. The minimum atomic E-state index is -0.566. The van der Waals surface area contributed by atoms with Gasteiger partial charge in [0, 0.05) is 18.1 Å². The molecule has 0 aliphatic carbocycles. The van der Waals surface area contributed by atoms with Crippen molar-refractivity contribution in [1.29, 1.82) is 0 Å². The van der Waals surface area contributed by atoms with E-state index in [1.165, 1.54) is 6.08 Å². The van der Waals surface area contributed by atoms with E-state index in [1.54, 1.807) is 24.7 Å². The lowest BCUT2D eigenvalue weighted by molar-refractivity contribution is 0.300. The Hall–Kier alpha value is -1.94. The summed E-state index contributed by atoms with van der Waals surface area (Å²) in [4.78, 5) is 3.94. The van der Waals surface area contributed by atoms with Crippen molar-refractivity contribution >= 4 is 6.08 Å². The molecular weight excluding hydrogens is 207 g/mol. The van der Waals surface area contributed by atoms with Crippen molar-refractivity contribution in [2.75, 3.05) is 6.61 Å². The molecule has 0 spiro atoms. The van der Waals surface area contributed by atoms with Crippen LogP contribution in [0.4, 0.5) is 4.39 Å². The second-order valence-corrected chi connectivity index (χ2v) is 3.31. The Morgan fingerprint density at radius 2 is 2.12 bits per heavy atom. The zero-order valence-corrected chi connectivity index (χ0v) is 8.55. The van der Waals surface area contributed by atoms with E-state index in [-0.39, 0.29) is 0 Å². The molecule has 0 amide bonds.